The lowest BCUT2D eigenvalue weighted by Crippen LogP contribution is -2.38. The van der Waals surface area contributed by atoms with E-state index in [4.69, 9.17) is 13.9 Å². The first-order valence-electron chi connectivity index (χ1n) is 5.66. The molecule has 1 heterocycles. The molecule has 1 fully saturated rings. The zero-order valence-corrected chi connectivity index (χ0v) is 11.6. The van der Waals surface area contributed by atoms with Crippen LogP contribution >= 0.6 is 0 Å². The van der Waals surface area contributed by atoms with Crippen molar-refractivity contribution in [1.82, 2.24) is 0 Å². The summed E-state index contributed by atoms with van der Waals surface area (Å²) in [5.41, 5.74) is 0.163. The third-order valence-electron chi connectivity index (χ3n) is 2.21. The molecule has 0 atom stereocenters. The molecule has 0 bridgehead atoms. The molecule has 0 aromatic carbocycles. The maximum Gasteiger partial charge on any atom is 0.183 e. The van der Waals surface area contributed by atoms with E-state index < -0.39 is 8.32 Å². The van der Waals surface area contributed by atoms with Crippen LogP contribution < -0.4 is 0 Å². The van der Waals surface area contributed by atoms with Gasteiger partial charge in [-0.1, -0.05) is 13.8 Å². The molecule has 1 rings (SSSR count). The van der Waals surface area contributed by atoms with Crippen molar-refractivity contribution in [2.45, 2.75) is 46.2 Å². The first kappa shape index (κ1) is 13.2. The Hall–Kier alpha value is 0.0969. The van der Waals surface area contributed by atoms with Crippen molar-refractivity contribution in [2.75, 3.05) is 19.8 Å². The molecule has 0 saturated carbocycles. The molecular weight excluding hydrogens is 208 g/mol. The molecule has 3 nitrogen and oxygen atoms in total. The maximum atomic E-state index is 5.76. The normalized spacial score (nSPS) is 23.0. The second-order valence-electron chi connectivity index (χ2n) is 5.97. The van der Waals surface area contributed by atoms with Gasteiger partial charge in [-0.25, -0.2) is 0 Å². The first-order valence-corrected chi connectivity index (χ1v) is 9.07. The summed E-state index contributed by atoms with van der Waals surface area (Å²) in [6, 6.07) is 0. The minimum atomic E-state index is -1.38. The van der Waals surface area contributed by atoms with E-state index in [-0.39, 0.29) is 11.7 Å². The van der Waals surface area contributed by atoms with E-state index >= 15 is 0 Å². The zero-order chi connectivity index (χ0) is 11.5. The van der Waals surface area contributed by atoms with Crippen molar-refractivity contribution in [3.63, 3.8) is 0 Å². The minimum absolute atomic E-state index is 0.0608. The highest BCUT2D eigenvalue weighted by molar-refractivity contribution is 6.69. The molecule has 0 aromatic rings. The van der Waals surface area contributed by atoms with Crippen LogP contribution in [0.15, 0.2) is 0 Å². The summed E-state index contributed by atoms with van der Waals surface area (Å²) >= 11 is 0. The molecule has 0 aromatic heterocycles. The van der Waals surface area contributed by atoms with E-state index in [1.807, 2.05) is 0 Å². The molecular formula is C11H24O3Si. The van der Waals surface area contributed by atoms with Crippen LogP contribution in [0.1, 0.15) is 20.3 Å². The minimum Gasteiger partial charge on any atom is -0.417 e. The lowest BCUT2D eigenvalue weighted by atomic mass is 9.95. The third kappa shape index (κ3) is 5.66. The van der Waals surface area contributed by atoms with E-state index in [1.165, 1.54) is 0 Å². The SMILES string of the molecule is CC1(C)COC(CCO[Si](C)(C)C)OC1. The number of rotatable bonds is 4. The Kier molecular flexibility index (Phi) is 4.35. The quantitative estimate of drug-likeness (QED) is 0.697. The van der Waals surface area contributed by atoms with Crippen LogP contribution in [0.5, 0.6) is 0 Å². The van der Waals surface area contributed by atoms with E-state index in [2.05, 4.69) is 33.5 Å². The van der Waals surface area contributed by atoms with Crippen molar-refractivity contribution in [3.8, 4) is 0 Å². The van der Waals surface area contributed by atoms with Gasteiger partial charge in [-0.2, -0.15) is 0 Å². The van der Waals surface area contributed by atoms with Gasteiger partial charge in [0.05, 0.1) is 13.2 Å². The van der Waals surface area contributed by atoms with Gasteiger partial charge in [-0.3, -0.25) is 0 Å². The van der Waals surface area contributed by atoms with Gasteiger partial charge in [0, 0.05) is 18.4 Å². The van der Waals surface area contributed by atoms with Crippen LogP contribution in [0.3, 0.4) is 0 Å². The molecule has 0 aliphatic carbocycles. The molecule has 0 unspecified atom stereocenters. The van der Waals surface area contributed by atoms with E-state index in [0.29, 0.717) is 0 Å². The van der Waals surface area contributed by atoms with Crippen LogP contribution in [-0.2, 0) is 13.9 Å². The second-order valence-corrected chi connectivity index (χ2v) is 10.5. The molecule has 0 radical (unpaired) electrons. The molecule has 4 heteroatoms. The van der Waals surface area contributed by atoms with Crippen molar-refractivity contribution in [1.29, 1.82) is 0 Å². The topological polar surface area (TPSA) is 27.7 Å². The summed E-state index contributed by atoms with van der Waals surface area (Å²) in [7, 11) is -1.38. The molecule has 0 amide bonds. The summed E-state index contributed by atoms with van der Waals surface area (Å²) in [4.78, 5) is 0. The smallest absolute Gasteiger partial charge is 0.183 e. The highest BCUT2D eigenvalue weighted by atomic mass is 28.4. The average molecular weight is 232 g/mol. The fourth-order valence-corrected chi connectivity index (χ4v) is 2.09. The monoisotopic (exact) mass is 232 g/mol. The fraction of sp³-hybridized carbons (Fsp3) is 1.00. The van der Waals surface area contributed by atoms with Crippen molar-refractivity contribution in [3.05, 3.63) is 0 Å². The van der Waals surface area contributed by atoms with Crippen LogP contribution in [0, 0.1) is 5.41 Å². The van der Waals surface area contributed by atoms with E-state index in [9.17, 15) is 0 Å². The Labute approximate surface area is 94.2 Å². The number of hydrogen-bond acceptors (Lipinski definition) is 3. The maximum absolute atomic E-state index is 5.76. The van der Waals surface area contributed by atoms with Gasteiger partial charge in [0.25, 0.3) is 0 Å². The van der Waals surface area contributed by atoms with Crippen LogP contribution in [0.25, 0.3) is 0 Å². The highest BCUT2D eigenvalue weighted by Crippen LogP contribution is 2.24. The van der Waals surface area contributed by atoms with Crippen molar-refractivity contribution >= 4 is 8.32 Å². The molecule has 1 aliphatic rings. The predicted molar refractivity (Wildman–Crippen MR) is 63.4 cm³/mol. The summed E-state index contributed by atoms with van der Waals surface area (Å²) in [6.07, 6.45) is 0.787. The Balaban J connectivity index is 2.14. The third-order valence-corrected chi connectivity index (χ3v) is 3.28. The summed E-state index contributed by atoms with van der Waals surface area (Å²) in [5.74, 6) is 0. The molecule has 0 spiro atoms. The molecule has 90 valence electrons. The predicted octanol–water partition coefficient (Wildman–Crippen LogP) is 2.63. The summed E-state index contributed by atoms with van der Waals surface area (Å²) in [6.45, 7) is 13.2. The van der Waals surface area contributed by atoms with Gasteiger partial charge < -0.3 is 13.9 Å². The average Bonchev–Trinajstić information content (AvgIpc) is 2.06. The van der Waals surface area contributed by atoms with Crippen molar-refractivity contribution < 1.29 is 13.9 Å². The standard InChI is InChI=1S/C11H24O3Si/c1-11(2)8-12-10(13-9-11)6-7-14-15(3,4)5/h10H,6-9H2,1-5H3. The first-order chi connectivity index (χ1) is 6.79. The van der Waals surface area contributed by atoms with Gasteiger partial charge in [-0.15, -0.1) is 0 Å². The van der Waals surface area contributed by atoms with Crippen LogP contribution in [0.2, 0.25) is 19.6 Å². The Morgan fingerprint density at radius 2 is 1.73 bits per heavy atom. The number of ether oxygens (including phenoxy) is 2. The Bertz CT molecular complexity index is 188. The summed E-state index contributed by atoms with van der Waals surface area (Å²) in [5, 5.41) is 0. The largest absolute Gasteiger partial charge is 0.417 e. The molecule has 1 saturated heterocycles. The van der Waals surface area contributed by atoms with Gasteiger partial charge in [0.2, 0.25) is 0 Å². The lowest BCUT2D eigenvalue weighted by molar-refractivity contribution is -0.225. The Morgan fingerprint density at radius 1 is 1.20 bits per heavy atom. The van der Waals surface area contributed by atoms with Crippen LogP contribution in [0.4, 0.5) is 0 Å². The molecule has 1 aliphatic heterocycles. The Morgan fingerprint density at radius 3 is 2.20 bits per heavy atom. The lowest BCUT2D eigenvalue weighted by Gasteiger charge is -2.34. The van der Waals surface area contributed by atoms with Gasteiger partial charge in [0.15, 0.2) is 14.6 Å². The molecule has 0 N–H and O–H groups in total. The van der Waals surface area contributed by atoms with E-state index in [1.54, 1.807) is 0 Å². The zero-order valence-electron chi connectivity index (χ0n) is 10.6. The highest BCUT2D eigenvalue weighted by Gasteiger charge is 2.28. The van der Waals surface area contributed by atoms with E-state index in [0.717, 1.165) is 26.2 Å². The van der Waals surface area contributed by atoms with Gasteiger partial charge in [0.1, 0.15) is 0 Å². The second kappa shape index (κ2) is 4.95. The van der Waals surface area contributed by atoms with Crippen molar-refractivity contribution in [2.24, 2.45) is 5.41 Å². The van der Waals surface area contributed by atoms with Gasteiger partial charge in [-0.05, 0) is 19.6 Å². The summed E-state index contributed by atoms with van der Waals surface area (Å²) < 4.78 is 17.0. The van der Waals surface area contributed by atoms with Gasteiger partial charge >= 0.3 is 0 Å². The molecule has 15 heavy (non-hydrogen) atoms. The van der Waals surface area contributed by atoms with Crippen LogP contribution in [-0.4, -0.2) is 34.4 Å². The number of hydrogen-bond donors (Lipinski definition) is 0. The fourth-order valence-electron chi connectivity index (χ4n) is 1.35.